The lowest BCUT2D eigenvalue weighted by Gasteiger charge is -2.62. The van der Waals surface area contributed by atoms with Gasteiger partial charge in [0.05, 0.1) is 26.9 Å². The number of amides is 2. The number of rotatable bonds is 12. The van der Waals surface area contributed by atoms with E-state index in [0.717, 1.165) is 35.2 Å². The number of nitrogens with one attached hydrogen (secondary N) is 2. The molecule has 2 amide bonds. The predicted octanol–water partition coefficient (Wildman–Crippen LogP) is 4.99. The molecule has 1 aliphatic heterocycles. The van der Waals surface area contributed by atoms with Gasteiger partial charge in [-0.05, 0) is 71.8 Å². The number of methoxy groups -OCH3 is 1. The van der Waals surface area contributed by atoms with Crippen LogP contribution >= 0.6 is 0 Å². The molecule has 0 radical (unpaired) electrons. The van der Waals surface area contributed by atoms with E-state index in [0.29, 0.717) is 40.4 Å². The third-order valence-corrected chi connectivity index (χ3v) is 12.8. The van der Waals surface area contributed by atoms with Gasteiger partial charge in [0.1, 0.15) is 17.9 Å². The Kier molecular flexibility index (Phi) is 10.1. The summed E-state index contributed by atoms with van der Waals surface area (Å²) in [5.74, 6) is 1.48. The summed E-state index contributed by atoms with van der Waals surface area (Å²) in [4.78, 5) is 35.9. The molecule has 0 spiro atoms. The Hall–Kier alpha value is -3.96. The van der Waals surface area contributed by atoms with Crippen LogP contribution in [0.3, 0.4) is 0 Å². The van der Waals surface area contributed by atoms with Gasteiger partial charge in [-0.2, -0.15) is 5.06 Å². The molecular weight excluding hydrogens is 656 g/mol. The van der Waals surface area contributed by atoms with Crippen molar-refractivity contribution < 1.29 is 29.4 Å². The highest BCUT2D eigenvalue weighted by Crippen LogP contribution is 2.61. The largest absolute Gasteiger partial charge is 0.496 e. The fourth-order valence-corrected chi connectivity index (χ4v) is 9.37. The average Bonchev–Trinajstić information content (AvgIpc) is 3.82. The summed E-state index contributed by atoms with van der Waals surface area (Å²) in [6, 6.07) is 21.3. The first-order chi connectivity index (χ1) is 24.9. The highest BCUT2D eigenvalue weighted by molar-refractivity contribution is 5.97. The van der Waals surface area contributed by atoms with Gasteiger partial charge in [0.15, 0.2) is 0 Å². The van der Waals surface area contributed by atoms with E-state index in [-0.39, 0.29) is 43.7 Å². The molecule has 10 heteroatoms. The van der Waals surface area contributed by atoms with Crippen molar-refractivity contribution in [3.05, 3.63) is 83.4 Å². The Labute approximate surface area is 307 Å². The van der Waals surface area contributed by atoms with Crippen LogP contribution < -0.4 is 20.3 Å². The first-order valence-electron chi connectivity index (χ1n) is 18.7. The molecule has 8 rings (SSSR count). The van der Waals surface area contributed by atoms with Crippen LogP contribution in [0.2, 0.25) is 0 Å². The van der Waals surface area contributed by atoms with Crippen molar-refractivity contribution in [3.63, 3.8) is 0 Å². The minimum Gasteiger partial charge on any atom is -0.496 e. The second-order valence-corrected chi connectivity index (χ2v) is 16.3. The van der Waals surface area contributed by atoms with Gasteiger partial charge in [0.25, 0.3) is 5.91 Å². The van der Waals surface area contributed by atoms with Gasteiger partial charge in [0.2, 0.25) is 5.91 Å². The molecule has 1 heterocycles. The minimum atomic E-state index is -0.802. The third kappa shape index (κ3) is 6.70. The first kappa shape index (κ1) is 36.4. The number of para-hydroxylation sites is 1. The van der Waals surface area contributed by atoms with E-state index >= 15 is 0 Å². The summed E-state index contributed by atoms with van der Waals surface area (Å²) < 4.78 is 6.06. The maximum absolute atomic E-state index is 14.1. The Morgan fingerprint density at radius 1 is 0.962 bits per heavy atom. The number of aliphatic hydroxyl groups excluding tert-OH is 2. The Bertz CT molecular complexity index is 1780. The van der Waals surface area contributed by atoms with Gasteiger partial charge in [-0.15, -0.1) is 0 Å². The summed E-state index contributed by atoms with van der Waals surface area (Å²) in [7, 11) is 5.51. The summed E-state index contributed by atoms with van der Waals surface area (Å²) in [5, 5.41) is 28.9. The second-order valence-electron chi connectivity index (χ2n) is 16.3. The lowest BCUT2D eigenvalue weighted by atomic mass is 9.45. The van der Waals surface area contributed by atoms with Crippen molar-refractivity contribution in [2.24, 2.45) is 29.1 Å². The van der Waals surface area contributed by atoms with Crippen molar-refractivity contribution in [1.82, 2.24) is 15.7 Å². The number of anilines is 1. The quantitative estimate of drug-likeness (QED) is 0.208. The molecule has 9 atom stereocenters. The molecule has 4 aliphatic carbocycles. The molecule has 278 valence electrons. The predicted molar refractivity (Wildman–Crippen MR) is 201 cm³/mol. The summed E-state index contributed by atoms with van der Waals surface area (Å²) in [6.07, 6.45) is 2.33. The van der Waals surface area contributed by atoms with Gasteiger partial charge in [-0.1, -0.05) is 69.3 Å². The average molecular weight is 711 g/mol. The van der Waals surface area contributed by atoms with E-state index in [1.165, 1.54) is 12.0 Å². The zero-order chi connectivity index (χ0) is 36.9. The number of hydroxylamine groups is 2. The van der Waals surface area contributed by atoms with Crippen molar-refractivity contribution in [3.8, 4) is 16.9 Å². The SMILES string of the molecule is COc1c(CN2O[C@@H](CO)[C@@H](CO)[C@H]2C(=O)N[C@H]2C[C@H]3C[C@H]([C@@H]2C)C3(C)C)cccc1-c1cc(C(=O)N[C@H]2CC2c2ccccc2)cc(N(C)C)c1. The molecule has 10 nitrogen and oxygen atoms in total. The van der Waals surface area contributed by atoms with Crippen molar-refractivity contribution >= 4 is 17.5 Å². The highest BCUT2D eigenvalue weighted by Gasteiger charge is 2.57. The maximum Gasteiger partial charge on any atom is 0.251 e. The normalized spacial score (nSPS) is 30.3. The third-order valence-electron chi connectivity index (χ3n) is 12.8. The van der Waals surface area contributed by atoms with E-state index in [4.69, 9.17) is 9.57 Å². The second kappa shape index (κ2) is 14.5. The van der Waals surface area contributed by atoms with Crippen LogP contribution in [-0.2, 0) is 16.2 Å². The minimum absolute atomic E-state index is 0.0519. The fourth-order valence-electron chi connectivity index (χ4n) is 9.37. The Morgan fingerprint density at radius 2 is 1.73 bits per heavy atom. The lowest BCUT2D eigenvalue weighted by molar-refractivity contribution is -0.183. The summed E-state index contributed by atoms with van der Waals surface area (Å²) in [6.45, 7) is 6.47. The van der Waals surface area contributed by atoms with Gasteiger partial charge in [-0.3, -0.25) is 14.4 Å². The van der Waals surface area contributed by atoms with Gasteiger partial charge >= 0.3 is 0 Å². The smallest absolute Gasteiger partial charge is 0.251 e. The van der Waals surface area contributed by atoms with Crippen LogP contribution in [0.15, 0.2) is 66.7 Å². The maximum atomic E-state index is 14.1. The number of nitrogens with zero attached hydrogens (tertiary/aromatic N) is 2. The number of carbonyl (C=O) groups excluding carboxylic acids is 2. The lowest BCUT2D eigenvalue weighted by Crippen LogP contribution is -2.62. The monoisotopic (exact) mass is 710 g/mol. The van der Waals surface area contributed by atoms with Gasteiger partial charge < -0.3 is 30.5 Å². The molecule has 3 aromatic rings. The molecule has 0 aromatic heterocycles. The number of ether oxygens (including phenoxy) is 1. The van der Waals surface area contributed by atoms with Crippen LogP contribution in [0.4, 0.5) is 5.69 Å². The zero-order valence-electron chi connectivity index (χ0n) is 31.2. The molecule has 5 aliphatic rings. The molecular formula is C42H54N4O6. The van der Waals surface area contributed by atoms with E-state index in [9.17, 15) is 19.8 Å². The number of hydrogen-bond acceptors (Lipinski definition) is 8. The van der Waals surface area contributed by atoms with Crippen LogP contribution in [-0.4, -0.2) is 85.7 Å². The number of aliphatic hydroxyl groups is 2. The zero-order valence-corrected chi connectivity index (χ0v) is 31.2. The Morgan fingerprint density at radius 3 is 2.38 bits per heavy atom. The molecule has 5 fully saturated rings. The van der Waals surface area contributed by atoms with Crippen molar-refractivity contribution in [1.29, 1.82) is 0 Å². The summed E-state index contributed by atoms with van der Waals surface area (Å²) >= 11 is 0. The van der Waals surface area contributed by atoms with E-state index in [2.05, 4.69) is 43.5 Å². The molecule has 4 saturated carbocycles. The topological polar surface area (TPSA) is 124 Å². The van der Waals surface area contributed by atoms with Crippen LogP contribution in [0.5, 0.6) is 5.75 Å². The van der Waals surface area contributed by atoms with Crippen molar-refractivity contribution in [2.75, 3.05) is 39.3 Å². The fraction of sp³-hybridized carbons (Fsp3) is 0.524. The van der Waals surface area contributed by atoms with Crippen molar-refractivity contribution in [2.45, 2.75) is 76.7 Å². The first-order valence-corrected chi connectivity index (χ1v) is 18.7. The van der Waals surface area contributed by atoms with Crippen LogP contribution in [0.1, 0.15) is 67.4 Å². The molecule has 3 aromatic carbocycles. The van der Waals surface area contributed by atoms with E-state index < -0.39 is 18.1 Å². The molecule has 1 unspecified atom stereocenters. The van der Waals surface area contributed by atoms with Gasteiger partial charge in [0, 0.05) is 60.4 Å². The molecule has 52 heavy (non-hydrogen) atoms. The Balaban J connectivity index is 1.13. The van der Waals surface area contributed by atoms with E-state index in [1.54, 1.807) is 12.2 Å². The number of hydrogen-bond donors (Lipinski definition) is 4. The van der Waals surface area contributed by atoms with E-state index in [1.807, 2.05) is 73.6 Å². The summed E-state index contributed by atoms with van der Waals surface area (Å²) in [5.41, 5.74) is 5.34. The number of fused-ring (bicyclic) bond motifs is 2. The van der Waals surface area contributed by atoms with Crippen LogP contribution in [0, 0.1) is 29.1 Å². The molecule has 4 N–H and O–H groups in total. The number of carbonyl (C=O) groups is 2. The standard InChI is InChI=1S/C42H54N4O6/c1-24-34-18-29(42(34,2)3)19-35(24)43-41(50)38-33(22-47)37(23-48)52-46(38)21-26-13-10-14-31(39(26)51-6)27-15-28(17-30(16-27)45(4)5)40(49)44-36-20-32(36)25-11-8-7-9-12-25/h7-17,24,29,32-38,47-48H,18-23H2,1-6H3,(H,43,50)(H,44,49)/t24-,29+,32?,33+,34+,35-,36-,37-,38-/m0/s1. The van der Waals surface area contributed by atoms with Gasteiger partial charge in [-0.25, -0.2) is 0 Å². The molecule has 1 saturated heterocycles. The van der Waals surface area contributed by atoms with Crippen LogP contribution in [0.25, 0.3) is 11.1 Å². The molecule has 2 bridgehead atoms. The number of benzene rings is 3. The highest BCUT2D eigenvalue weighted by atomic mass is 16.7.